The number of amides is 1. The third-order valence-electron chi connectivity index (χ3n) is 4.19. The van der Waals surface area contributed by atoms with Gasteiger partial charge in [-0.2, -0.15) is 4.98 Å². The van der Waals surface area contributed by atoms with E-state index in [0.29, 0.717) is 25.3 Å². The molecular weight excluding hydrogens is 350 g/mol. The number of hydrogen-bond donors (Lipinski definition) is 4. The number of carbonyl (C=O) groups is 1. The van der Waals surface area contributed by atoms with Crippen LogP contribution >= 0.6 is 11.3 Å². The van der Waals surface area contributed by atoms with Gasteiger partial charge in [0.05, 0.1) is 10.2 Å². The zero-order chi connectivity index (χ0) is 17.9. The number of nitrogens with one attached hydrogen (secondary N) is 3. The zero-order valence-corrected chi connectivity index (χ0v) is 14.9. The van der Waals surface area contributed by atoms with Crippen LogP contribution in [0.15, 0.2) is 29.6 Å². The molecule has 1 amide bonds. The Morgan fingerprint density at radius 3 is 3.04 bits per heavy atom. The maximum Gasteiger partial charge on any atom is 0.225 e. The summed E-state index contributed by atoms with van der Waals surface area (Å²) in [7, 11) is 0. The molecule has 134 valence electrons. The smallest absolute Gasteiger partial charge is 0.225 e. The summed E-state index contributed by atoms with van der Waals surface area (Å²) in [5.41, 5.74) is 3.80. The molecular formula is C18H19N5O2S. The highest BCUT2D eigenvalue weighted by atomic mass is 32.1. The number of carbonyl (C=O) groups excluding carboxylic acids is 1. The highest BCUT2D eigenvalue weighted by Crippen LogP contribution is 2.32. The van der Waals surface area contributed by atoms with Crippen LogP contribution in [-0.2, 0) is 11.2 Å². The van der Waals surface area contributed by atoms with Crippen molar-refractivity contribution in [1.82, 2.24) is 9.97 Å². The summed E-state index contributed by atoms with van der Waals surface area (Å²) in [5.74, 6) is 1.35. The number of nitrogens with zero attached hydrogens (tertiary/aromatic N) is 2. The van der Waals surface area contributed by atoms with E-state index in [1.165, 1.54) is 0 Å². The van der Waals surface area contributed by atoms with Gasteiger partial charge in [-0.25, -0.2) is 4.98 Å². The first-order valence-corrected chi connectivity index (χ1v) is 9.40. The second kappa shape index (κ2) is 7.27. The van der Waals surface area contributed by atoms with Crippen molar-refractivity contribution in [3.8, 4) is 0 Å². The van der Waals surface area contributed by atoms with Crippen LogP contribution in [0, 0.1) is 0 Å². The molecule has 0 spiro atoms. The van der Waals surface area contributed by atoms with Crippen LogP contribution in [0.25, 0.3) is 10.2 Å². The summed E-state index contributed by atoms with van der Waals surface area (Å²) in [5, 5.41) is 20.3. The van der Waals surface area contributed by atoms with Gasteiger partial charge < -0.3 is 21.1 Å². The third-order valence-corrected chi connectivity index (χ3v) is 5.10. The summed E-state index contributed by atoms with van der Waals surface area (Å²) < 4.78 is 0.990. The van der Waals surface area contributed by atoms with Gasteiger partial charge in [0.25, 0.3) is 0 Å². The number of rotatable bonds is 6. The Morgan fingerprint density at radius 2 is 2.15 bits per heavy atom. The zero-order valence-electron chi connectivity index (χ0n) is 14.1. The van der Waals surface area contributed by atoms with Gasteiger partial charge in [-0.1, -0.05) is 0 Å². The Kier molecular flexibility index (Phi) is 4.68. The summed E-state index contributed by atoms with van der Waals surface area (Å²) in [6.07, 6.45) is 1.89. The summed E-state index contributed by atoms with van der Waals surface area (Å²) >= 11 is 1.59. The molecule has 1 aromatic carbocycles. The number of aliphatic hydroxyl groups excluding tert-OH is 1. The Bertz CT molecular complexity index is 956. The maximum absolute atomic E-state index is 11.5. The van der Waals surface area contributed by atoms with Crippen molar-refractivity contribution in [3.05, 3.63) is 35.2 Å². The fraction of sp³-hybridized carbons (Fsp3) is 0.278. The Morgan fingerprint density at radius 1 is 1.23 bits per heavy atom. The Labute approximate surface area is 154 Å². The first kappa shape index (κ1) is 16.7. The summed E-state index contributed by atoms with van der Waals surface area (Å²) in [6.45, 7) is 0.745. The predicted octanol–water partition coefficient (Wildman–Crippen LogP) is 3.11. The number of thiophene rings is 1. The molecule has 7 nitrogen and oxygen atoms in total. The van der Waals surface area contributed by atoms with Crippen molar-refractivity contribution < 1.29 is 9.90 Å². The van der Waals surface area contributed by atoms with Crippen molar-refractivity contribution in [2.45, 2.75) is 19.3 Å². The molecule has 2 aromatic heterocycles. The topological polar surface area (TPSA) is 99.2 Å². The number of aromatic nitrogens is 2. The lowest BCUT2D eigenvalue weighted by atomic mass is 10.0. The molecule has 0 bridgehead atoms. The van der Waals surface area contributed by atoms with Crippen LogP contribution in [0.1, 0.15) is 18.4 Å². The van der Waals surface area contributed by atoms with Crippen LogP contribution in [0.4, 0.5) is 23.1 Å². The van der Waals surface area contributed by atoms with E-state index in [1.54, 1.807) is 11.3 Å². The fourth-order valence-corrected chi connectivity index (χ4v) is 3.68. The molecule has 3 heterocycles. The molecule has 0 fully saturated rings. The standard InChI is InChI=1S/C18H19N5O2S/c24-8-1-7-19-18-22-14-6-9-26-16(14)17(23-18)20-12-3-4-13-11(10-12)2-5-15(25)21-13/h3-4,6,9-10,24H,1-2,5,7-8H2,(H,21,25)(H2,19,20,22,23). The number of hydrogen-bond acceptors (Lipinski definition) is 7. The van der Waals surface area contributed by atoms with E-state index in [1.807, 2.05) is 23.6 Å². The first-order valence-electron chi connectivity index (χ1n) is 8.53. The Hall–Kier alpha value is -2.71. The van der Waals surface area contributed by atoms with Gasteiger partial charge in [-0.3, -0.25) is 4.79 Å². The predicted molar refractivity (Wildman–Crippen MR) is 104 cm³/mol. The average molecular weight is 369 g/mol. The monoisotopic (exact) mass is 369 g/mol. The fourth-order valence-electron chi connectivity index (χ4n) is 2.90. The molecule has 4 rings (SSSR count). The van der Waals surface area contributed by atoms with Crippen LogP contribution in [-0.4, -0.2) is 34.1 Å². The second-order valence-electron chi connectivity index (χ2n) is 6.08. The normalized spacial score (nSPS) is 13.3. The quantitative estimate of drug-likeness (QED) is 0.498. The van der Waals surface area contributed by atoms with Crippen molar-refractivity contribution in [2.75, 3.05) is 29.1 Å². The number of benzene rings is 1. The van der Waals surface area contributed by atoms with Gasteiger partial charge in [0.15, 0.2) is 5.82 Å². The van der Waals surface area contributed by atoms with Gasteiger partial charge >= 0.3 is 0 Å². The number of fused-ring (bicyclic) bond motifs is 2. The average Bonchev–Trinajstić information content (AvgIpc) is 3.11. The lowest BCUT2D eigenvalue weighted by molar-refractivity contribution is -0.116. The second-order valence-corrected chi connectivity index (χ2v) is 7.00. The van der Waals surface area contributed by atoms with E-state index < -0.39 is 0 Å². The van der Waals surface area contributed by atoms with Gasteiger partial charge in [-0.15, -0.1) is 11.3 Å². The van der Waals surface area contributed by atoms with Crippen molar-refractivity contribution in [3.63, 3.8) is 0 Å². The number of anilines is 4. The SMILES string of the molecule is O=C1CCc2cc(Nc3nc(NCCCO)nc4ccsc34)ccc2N1. The molecule has 26 heavy (non-hydrogen) atoms. The minimum Gasteiger partial charge on any atom is -0.396 e. The van der Waals surface area contributed by atoms with Crippen molar-refractivity contribution >= 4 is 50.6 Å². The molecule has 1 aliphatic rings. The molecule has 0 radical (unpaired) electrons. The van der Waals surface area contributed by atoms with Crippen LogP contribution < -0.4 is 16.0 Å². The number of aliphatic hydroxyl groups is 1. The molecule has 1 aliphatic heterocycles. The van der Waals surface area contributed by atoms with Crippen molar-refractivity contribution in [1.29, 1.82) is 0 Å². The molecule has 4 N–H and O–H groups in total. The summed E-state index contributed by atoms with van der Waals surface area (Å²) in [6, 6.07) is 7.87. The largest absolute Gasteiger partial charge is 0.396 e. The van der Waals surface area contributed by atoms with Crippen LogP contribution in [0.3, 0.4) is 0 Å². The summed E-state index contributed by atoms with van der Waals surface area (Å²) in [4.78, 5) is 20.6. The van der Waals surface area contributed by atoms with Gasteiger partial charge in [0.2, 0.25) is 11.9 Å². The van der Waals surface area contributed by atoms with Crippen LogP contribution in [0.2, 0.25) is 0 Å². The van der Waals surface area contributed by atoms with E-state index in [4.69, 9.17) is 5.11 Å². The molecule has 8 heteroatoms. The van der Waals surface area contributed by atoms with Gasteiger partial charge in [0, 0.05) is 30.9 Å². The highest BCUT2D eigenvalue weighted by Gasteiger charge is 2.15. The molecule has 0 saturated carbocycles. The van der Waals surface area contributed by atoms with Crippen molar-refractivity contribution in [2.24, 2.45) is 0 Å². The van der Waals surface area contributed by atoms with Gasteiger partial charge in [-0.05, 0) is 48.1 Å². The molecule has 3 aromatic rings. The van der Waals surface area contributed by atoms with E-state index in [-0.39, 0.29) is 12.5 Å². The molecule has 0 aliphatic carbocycles. The maximum atomic E-state index is 11.5. The lowest BCUT2D eigenvalue weighted by Crippen LogP contribution is -2.18. The molecule has 0 saturated heterocycles. The Balaban J connectivity index is 1.62. The minimum atomic E-state index is 0.0629. The molecule has 0 atom stereocenters. The first-order chi connectivity index (χ1) is 12.7. The lowest BCUT2D eigenvalue weighted by Gasteiger charge is -2.18. The van der Waals surface area contributed by atoms with E-state index >= 15 is 0 Å². The van der Waals surface area contributed by atoms with E-state index in [9.17, 15) is 4.79 Å². The van der Waals surface area contributed by atoms with Gasteiger partial charge in [0.1, 0.15) is 0 Å². The van der Waals surface area contributed by atoms with E-state index in [0.717, 1.165) is 39.4 Å². The molecule has 0 unspecified atom stereocenters. The third kappa shape index (κ3) is 3.47. The van der Waals surface area contributed by atoms with E-state index in [2.05, 4.69) is 32.0 Å². The highest BCUT2D eigenvalue weighted by molar-refractivity contribution is 7.17. The number of aryl methyl sites for hydroxylation is 1. The van der Waals surface area contributed by atoms with Crippen LogP contribution in [0.5, 0.6) is 0 Å². The minimum absolute atomic E-state index is 0.0629.